The SMILES string of the molecule is O=C(CSc1nnc(-c2ccco2)o1)c1ccc(S(=O)(=O)N2CCCC2)cc1. The minimum Gasteiger partial charge on any atom is -0.459 e. The number of carbonyl (C=O) groups is 1. The van der Waals surface area contributed by atoms with Gasteiger partial charge >= 0.3 is 0 Å². The number of thioether (sulfide) groups is 1. The molecule has 2 aromatic heterocycles. The van der Waals surface area contributed by atoms with E-state index in [-0.39, 0.29) is 27.5 Å². The summed E-state index contributed by atoms with van der Waals surface area (Å²) in [5.74, 6) is 0.641. The zero-order valence-corrected chi connectivity index (χ0v) is 16.4. The Kier molecular flexibility index (Phi) is 5.33. The summed E-state index contributed by atoms with van der Waals surface area (Å²) in [5, 5.41) is 8.01. The van der Waals surface area contributed by atoms with Crippen LogP contribution in [-0.2, 0) is 10.0 Å². The van der Waals surface area contributed by atoms with Gasteiger partial charge in [0.05, 0.1) is 16.9 Å². The summed E-state index contributed by atoms with van der Waals surface area (Å²) < 4.78 is 37.2. The number of rotatable bonds is 7. The number of sulfonamides is 1. The number of carbonyl (C=O) groups excluding carboxylic acids is 1. The van der Waals surface area contributed by atoms with Crippen molar-refractivity contribution in [1.29, 1.82) is 0 Å². The third-order valence-corrected chi connectivity index (χ3v) is 7.08. The normalized spacial score (nSPS) is 15.1. The van der Waals surface area contributed by atoms with Crippen LogP contribution < -0.4 is 0 Å². The molecular formula is C18H17N3O5S2. The van der Waals surface area contributed by atoms with Crippen LogP contribution in [0.15, 0.2) is 61.6 Å². The molecule has 28 heavy (non-hydrogen) atoms. The van der Waals surface area contributed by atoms with Gasteiger partial charge < -0.3 is 8.83 Å². The first kappa shape index (κ1) is 18.9. The van der Waals surface area contributed by atoms with E-state index in [9.17, 15) is 13.2 Å². The summed E-state index contributed by atoms with van der Waals surface area (Å²) in [6.45, 7) is 1.09. The Morgan fingerprint density at radius 1 is 1.11 bits per heavy atom. The highest BCUT2D eigenvalue weighted by atomic mass is 32.2. The number of hydrogen-bond acceptors (Lipinski definition) is 8. The minimum atomic E-state index is -3.48. The maximum Gasteiger partial charge on any atom is 0.284 e. The number of Topliss-reactive ketones (excluding diaryl/α,β-unsaturated/α-hetero) is 1. The number of hydrogen-bond donors (Lipinski definition) is 0. The summed E-state index contributed by atoms with van der Waals surface area (Å²) in [6.07, 6.45) is 3.26. The highest BCUT2D eigenvalue weighted by Crippen LogP contribution is 2.25. The molecule has 4 rings (SSSR count). The molecule has 0 atom stereocenters. The van der Waals surface area contributed by atoms with Crippen molar-refractivity contribution < 1.29 is 22.0 Å². The van der Waals surface area contributed by atoms with Crippen molar-refractivity contribution in [2.75, 3.05) is 18.8 Å². The summed E-state index contributed by atoms with van der Waals surface area (Å²) in [7, 11) is -3.48. The van der Waals surface area contributed by atoms with E-state index in [0.29, 0.717) is 24.4 Å². The number of nitrogens with zero attached hydrogens (tertiary/aromatic N) is 3. The molecule has 0 aliphatic carbocycles. The lowest BCUT2D eigenvalue weighted by Gasteiger charge is -2.15. The Bertz CT molecular complexity index is 1050. The lowest BCUT2D eigenvalue weighted by atomic mass is 10.1. The summed E-state index contributed by atoms with van der Waals surface area (Å²) in [5.41, 5.74) is 0.429. The second kappa shape index (κ2) is 7.90. The van der Waals surface area contributed by atoms with Gasteiger partial charge in [-0.1, -0.05) is 23.9 Å². The maximum absolute atomic E-state index is 12.5. The Balaban J connectivity index is 1.39. The average molecular weight is 419 g/mol. The number of furan rings is 1. The van der Waals surface area contributed by atoms with Crippen LogP contribution in [0.4, 0.5) is 0 Å². The van der Waals surface area contributed by atoms with Gasteiger partial charge in [0.25, 0.3) is 11.1 Å². The molecule has 146 valence electrons. The second-order valence-corrected chi connectivity index (χ2v) is 9.06. The molecule has 0 amide bonds. The van der Waals surface area contributed by atoms with Gasteiger partial charge in [-0.25, -0.2) is 8.42 Å². The largest absolute Gasteiger partial charge is 0.459 e. The van der Waals surface area contributed by atoms with E-state index >= 15 is 0 Å². The minimum absolute atomic E-state index is 0.0952. The van der Waals surface area contributed by atoms with Gasteiger partial charge in [0.1, 0.15) is 0 Å². The van der Waals surface area contributed by atoms with Gasteiger partial charge in [-0.15, -0.1) is 10.2 Å². The summed E-state index contributed by atoms with van der Waals surface area (Å²) in [4.78, 5) is 12.6. The lowest BCUT2D eigenvalue weighted by Crippen LogP contribution is -2.27. The van der Waals surface area contributed by atoms with Gasteiger partial charge in [0.15, 0.2) is 11.5 Å². The molecule has 0 bridgehead atoms. The van der Waals surface area contributed by atoms with E-state index in [4.69, 9.17) is 8.83 Å². The molecule has 0 spiro atoms. The maximum atomic E-state index is 12.5. The van der Waals surface area contributed by atoms with Crippen molar-refractivity contribution in [2.45, 2.75) is 23.0 Å². The molecule has 3 aromatic rings. The van der Waals surface area contributed by atoms with Gasteiger partial charge in [-0.3, -0.25) is 4.79 Å². The van der Waals surface area contributed by atoms with Crippen LogP contribution in [0.1, 0.15) is 23.2 Å². The molecule has 3 heterocycles. The Morgan fingerprint density at radius 3 is 2.54 bits per heavy atom. The number of ketones is 1. The standard InChI is InChI=1S/C18H17N3O5S2/c22-15(12-27-18-20-19-17(26-18)16-4-3-11-25-16)13-5-7-14(8-6-13)28(23,24)21-9-1-2-10-21/h3-8,11H,1-2,9-10,12H2. The monoisotopic (exact) mass is 419 g/mol. The fourth-order valence-corrected chi connectivity index (χ4v) is 5.04. The number of aromatic nitrogens is 2. The molecule has 0 saturated carbocycles. The zero-order chi connectivity index (χ0) is 19.6. The van der Waals surface area contributed by atoms with Crippen molar-refractivity contribution in [3.63, 3.8) is 0 Å². The Morgan fingerprint density at radius 2 is 1.86 bits per heavy atom. The summed E-state index contributed by atoms with van der Waals surface area (Å²) >= 11 is 1.11. The third-order valence-electron chi connectivity index (χ3n) is 4.34. The van der Waals surface area contributed by atoms with Gasteiger partial charge in [0.2, 0.25) is 10.0 Å². The fraction of sp³-hybridized carbons (Fsp3) is 0.278. The Hall–Kier alpha value is -2.43. The highest BCUT2D eigenvalue weighted by molar-refractivity contribution is 7.99. The summed E-state index contributed by atoms with van der Waals surface area (Å²) in [6, 6.07) is 9.44. The number of benzene rings is 1. The van der Waals surface area contributed by atoms with Crippen molar-refractivity contribution in [3.05, 3.63) is 48.2 Å². The second-order valence-electron chi connectivity index (χ2n) is 6.20. The Labute approximate surface area is 166 Å². The molecule has 0 unspecified atom stereocenters. The quantitative estimate of drug-likeness (QED) is 0.425. The molecule has 1 aromatic carbocycles. The molecule has 1 aliphatic rings. The van der Waals surface area contributed by atoms with Gasteiger partial charge in [0, 0.05) is 18.7 Å². The third kappa shape index (κ3) is 3.89. The van der Waals surface area contributed by atoms with Crippen LogP contribution in [0.25, 0.3) is 11.7 Å². The molecule has 10 heteroatoms. The smallest absolute Gasteiger partial charge is 0.284 e. The molecule has 0 radical (unpaired) electrons. The molecule has 1 fully saturated rings. The molecular weight excluding hydrogens is 402 g/mol. The molecule has 8 nitrogen and oxygen atoms in total. The van der Waals surface area contributed by atoms with Gasteiger partial charge in [-0.05, 0) is 37.1 Å². The first-order chi connectivity index (χ1) is 13.5. The van der Waals surface area contributed by atoms with Crippen LogP contribution in [-0.4, -0.2) is 47.5 Å². The predicted octanol–water partition coefficient (Wildman–Crippen LogP) is 3.09. The van der Waals surface area contributed by atoms with Crippen LogP contribution in [0.5, 0.6) is 0 Å². The van der Waals surface area contributed by atoms with Gasteiger partial charge in [-0.2, -0.15) is 4.31 Å². The topological polar surface area (TPSA) is 107 Å². The molecule has 0 N–H and O–H groups in total. The van der Waals surface area contributed by atoms with Crippen molar-refractivity contribution in [1.82, 2.24) is 14.5 Å². The van der Waals surface area contributed by atoms with E-state index in [1.807, 2.05) is 0 Å². The first-order valence-corrected chi connectivity index (χ1v) is 11.1. The van der Waals surface area contributed by atoms with Crippen molar-refractivity contribution in [2.24, 2.45) is 0 Å². The van der Waals surface area contributed by atoms with E-state index in [1.165, 1.54) is 34.8 Å². The average Bonchev–Trinajstić information content (AvgIpc) is 3.48. The molecule has 1 aliphatic heterocycles. The van der Waals surface area contributed by atoms with Crippen LogP contribution in [0.3, 0.4) is 0 Å². The van der Waals surface area contributed by atoms with E-state index in [1.54, 1.807) is 12.1 Å². The van der Waals surface area contributed by atoms with Crippen LogP contribution in [0, 0.1) is 0 Å². The van der Waals surface area contributed by atoms with Crippen LogP contribution >= 0.6 is 11.8 Å². The van der Waals surface area contributed by atoms with E-state index in [0.717, 1.165) is 24.6 Å². The predicted molar refractivity (Wildman–Crippen MR) is 101 cm³/mol. The van der Waals surface area contributed by atoms with Crippen molar-refractivity contribution >= 4 is 27.6 Å². The van der Waals surface area contributed by atoms with Crippen LogP contribution in [0.2, 0.25) is 0 Å². The highest BCUT2D eigenvalue weighted by Gasteiger charge is 2.27. The zero-order valence-electron chi connectivity index (χ0n) is 14.8. The first-order valence-electron chi connectivity index (χ1n) is 8.67. The van der Waals surface area contributed by atoms with E-state index < -0.39 is 10.0 Å². The lowest BCUT2D eigenvalue weighted by molar-refractivity contribution is 0.102. The molecule has 1 saturated heterocycles. The van der Waals surface area contributed by atoms with E-state index in [2.05, 4.69) is 10.2 Å². The van der Waals surface area contributed by atoms with Crippen molar-refractivity contribution in [3.8, 4) is 11.7 Å². The fourth-order valence-electron chi connectivity index (χ4n) is 2.87.